The van der Waals surface area contributed by atoms with Gasteiger partial charge >= 0.3 is 0 Å². The van der Waals surface area contributed by atoms with E-state index in [1.807, 2.05) is 18.2 Å². The predicted molar refractivity (Wildman–Crippen MR) is 94.3 cm³/mol. The Morgan fingerprint density at radius 2 is 2.15 bits per heavy atom. The van der Waals surface area contributed by atoms with Crippen molar-refractivity contribution in [2.45, 2.75) is 51.1 Å². The predicted octanol–water partition coefficient (Wildman–Crippen LogP) is 0.771. The molecule has 26 heavy (non-hydrogen) atoms. The van der Waals surface area contributed by atoms with E-state index in [1.54, 1.807) is 4.90 Å². The molecule has 0 aliphatic carbocycles. The molecule has 1 aromatic carbocycles. The highest BCUT2D eigenvalue weighted by molar-refractivity contribution is 6.00. The average molecular weight is 359 g/mol. The van der Waals surface area contributed by atoms with Crippen molar-refractivity contribution in [3.63, 3.8) is 0 Å². The molecule has 3 atom stereocenters. The summed E-state index contributed by atoms with van der Waals surface area (Å²) in [5.41, 5.74) is 1.79. The van der Waals surface area contributed by atoms with Crippen molar-refractivity contribution in [3.05, 3.63) is 29.3 Å². The van der Waals surface area contributed by atoms with Crippen molar-refractivity contribution in [2.24, 2.45) is 0 Å². The summed E-state index contributed by atoms with van der Waals surface area (Å²) in [4.78, 5) is 27.6. The van der Waals surface area contributed by atoms with Gasteiger partial charge in [0.25, 0.3) is 0 Å². The molecule has 7 nitrogen and oxygen atoms in total. The molecule has 0 radical (unpaired) electrons. The van der Waals surface area contributed by atoms with E-state index in [2.05, 4.69) is 17.1 Å². The first-order valence-electron chi connectivity index (χ1n) is 9.34. The first-order valence-corrected chi connectivity index (χ1v) is 9.34. The summed E-state index contributed by atoms with van der Waals surface area (Å²) in [7, 11) is 0. The van der Waals surface area contributed by atoms with Crippen LogP contribution in [0.4, 0.5) is 0 Å². The minimum Gasteiger partial charge on any atom is -0.489 e. The molecule has 2 N–H and O–H groups in total. The number of likely N-dealkylation sites (tertiary alicyclic amines) is 1. The Balaban J connectivity index is 1.45. The molecule has 2 unspecified atom stereocenters. The van der Waals surface area contributed by atoms with Crippen LogP contribution in [0.3, 0.4) is 0 Å². The minimum atomic E-state index is -0.829. The Labute approximate surface area is 152 Å². The number of likely N-dealkylation sites (N-methyl/N-ethyl adjacent to an activating group) is 1. The number of ether oxygens (including phenoxy) is 1. The maximum absolute atomic E-state index is 12.1. The average Bonchev–Trinajstić information content (AvgIpc) is 3.19. The van der Waals surface area contributed by atoms with Gasteiger partial charge in [0.1, 0.15) is 18.1 Å². The van der Waals surface area contributed by atoms with Gasteiger partial charge in [-0.2, -0.15) is 0 Å². The molecule has 7 heteroatoms. The molecule has 2 saturated heterocycles. The number of amides is 2. The summed E-state index contributed by atoms with van der Waals surface area (Å²) >= 11 is 0. The lowest BCUT2D eigenvalue weighted by atomic mass is 10.0. The number of nitrogens with zero attached hydrogens (tertiary/aromatic N) is 2. The van der Waals surface area contributed by atoms with Gasteiger partial charge in [-0.1, -0.05) is 13.0 Å². The zero-order chi connectivity index (χ0) is 18.3. The van der Waals surface area contributed by atoms with E-state index in [0.717, 1.165) is 42.9 Å². The van der Waals surface area contributed by atoms with Gasteiger partial charge in [-0.15, -0.1) is 0 Å². The first-order chi connectivity index (χ1) is 12.5. The molecule has 0 aromatic heterocycles. The number of nitrogens with one attached hydrogen (secondary N) is 1. The van der Waals surface area contributed by atoms with E-state index >= 15 is 0 Å². The fourth-order valence-electron chi connectivity index (χ4n) is 4.16. The number of aliphatic hydroxyl groups is 1. The smallest absolute Gasteiger partial charge is 0.244 e. The maximum atomic E-state index is 12.1. The van der Waals surface area contributed by atoms with Crippen LogP contribution in [-0.2, 0) is 16.1 Å². The minimum absolute atomic E-state index is 0.200. The van der Waals surface area contributed by atoms with Gasteiger partial charge < -0.3 is 9.84 Å². The third-order valence-corrected chi connectivity index (χ3v) is 5.65. The molecule has 2 fully saturated rings. The van der Waals surface area contributed by atoms with Gasteiger partial charge in [0, 0.05) is 31.6 Å². The van der Waals surface area contributed by atoms with Crippen molar-refractivity contribution >= 4 is 11.8 Å². The number of carbonyl (C=O) groups is 2. The van der Waals surface area contributed by atoms with Crippen LogP contribution >= 0.6 is 0 Å². The summed E-state index contributed by atoms with van der Waals surface area (Å²) < 4.78 is 6.12. The number of rotatable bonds is 4. The molecule has 0 bridgehead atoms. The van der Waals surface area contributed by atoms with E-state index in [4.69, 9.17) is 4.74 Å². The number of hydrogen-bond acceptors (Lipinski definition) is 6. The summed E-state index contributed by atoms with van der Waals surface area (Å²) in [6.07, 6.45) is 1.14. The van der Waals surface area contributed by atoms with Crippen molar-refractivity contribution in [2.75, 3.05) is 19.6 Å². The number of carbonyl (C=O) groups excluding carboxylic acids is 2. The third kappa shape index (κ3) is 3.22. The molecule has 3 heterocycles. The molecular weight excluding hydrogens is 334 g/mol. The Hall–Kier alpha value is -1.96. The van der Waals surface area contributed by atoms with Crippen LogP contribution in [-0.4, -0.2) is 58.5 Å². The second-order valence-electron chi connectivity index (χ2n) is 7.30. The van der Waals surface area contributed by atoms with E-state index < -0.39 is 12.3 Å². The standard InChI is InChI=1S/C19H25N3O4/c1-2-21-8-7-14(11-21)26-13-3-4-15-12(9-13)10-22(19(15)25)16-5-6-17(23)20-18(16)24/h3-4,9,14,16,19,25H,2,5-8,10-11H2,1H3,(H,20,23,24)/t14-,16?,19?/m0/s1. The van der Waals surface area contributed by atoms with E-state index in [9.17, 15) is 14.7 Å². The first kappa shape index (κ1) is 17.5. The number of hydrogen-bond donors (Lipinski definition) is 2. The van der Waals surface area contributed by atoms with Crippen LogP contribution < -0.4 is 10.1 Å². The lowest BCUT2D eigenvalue weighted by Crippen LogP contribution is -2.51. The lowest BCUT2D eigenvalue weighted by Gasteiger charge is -2.31. The summed E-state index contributed by atoms with van der Waals surface area (Å²) in [5, 5.41) is 13.0. The second kappa shape index (κ2) is 6.98. The van der Waals surface area contributed by atoms with Crippen molar-refractivity contribution in [1.29, 1.82) is 0 Å². The highest BCUT2D eigenvalue weighted by Gasteiger charge is 2.39. The normalized spacial score (nSPS) is 29.7. The van der Waals surface area contributed by atoms with Crippen LogP contribution in [0.2, 0.25) is 0 Å². The molecule has 0 spiro atoms. The van der Waals surface area contributed by atoms with Gasteiger partial charge in [0.15, 0.2) is 0 Å². The molecule has 0 saturated carbocycles. The molecule has 4 rings (SSSR count). The number of piperidine rings is 1. The van der Waals surface area contributed by atoms with Crippen LogP contribution in [0, 0.1) is 0 Å². The highest BCUT2D eigenvalue weighted by Crippen LogP contribution is 2.37. The monoisotopic (exact) mass is 359 g/mol. The van der Waals surface area contributed by atoms with Crippen LogP contribution in [0.5, 0.6) is 5.75 Å². The van der Waals surface area contributed by atoms with Gasteiger partial charge in [-0.05, 0) is 37.1 Å². The zero-order valence-electron chi connectivity index (χ0n) is 15.0. The van der Waals surface area contributed by atoms with Crippen molar-refractivity contribution in [1.82, 2.24) is 15.1 Å². The van der Waals surface area contributed by atoms with Crippen LogP contribution in [0.1, 0.15) is 43.5 Å². The number of benzene rings is 1. The Morgan fingerprint density at radius 3 is 2.88 bits per heavy atom. The van der Waals surface area contributed by atoms with E-state index in [-0.39, 0.29) is 17.9 Å². The SMILES string of the molecule is CCN1CC[C@H](Oc2ccc3c(c2)CN(C2CCC(=O)NC2=O)C3O)C1. The molecule has 2 amide bonds. The van der Waals surface area contributed by atoms with Crippen molar-refractivity contribution < 1.29 is 19.4 Å². The fraction of sp³-hybridized carbons (Fsp3) is 0.579. The third-order valence-electron chi connectivity index (χ3n) is 5.65. The maximum Gasteiger partial charge on any atom is 0.244 e. The van der Waals surface area contributed by atoms with Gasteiger partial charge in [0.2, 0.25) is 11.8 Å². The molecule has 140 valence electrons. The van der Waals surface area contributed by atoms with Crippen LogP contribution in [0.25, 0.3) is 0 Å². The van der Waals surface area contributed by atoms with E-state index in [1.165, 1.54) is 0 Å². The largest absolute Gasteiger partial charge is 0.489 e. The molecule has 3 aliphatic rings. The summed E-state index contributed by atoms with van der Waals surface area (Å²) in [6.45, 7) is 5.68. The number of aliphatic hydroxyl groups excluding tert-OH is 1. The van der Waals surface area contributed by atoms with E-state index in [0.29, 0.717) is 19.4 Å². The molecule has 1 aromatic rings. The second-order valence-corrected chi connectivity index (χ2v) is 7.30. The Kier molecular flexibility index (Phi) is 4.69. The zero-order valence-corrected chi connectivity index (χ0v) is 15.0. The summed E-state index contributed by atoms with van der Waals surface area (Å²) in [6, 6.07) is 5.27. The summed E-state index contributed by atoms with van der Waals surface area (Å²) in [5.74, 6) is 0.241. The Bertz CT molecular complexity index is 723. The van der Waals surface area contributed by atoms with Crippen LogP contribution in [0.15, 0.2) is 18.2 Å². The Morgan fingerprint density at radius 1 is 1.31 bits per heavy atom. The fourth-order valence-corrected chi connectivity index (χ4v) is 4.16. The van der Waals surface area contributed by atoms with Gasteiger partial charge in [0.05, 0.1) is 6.04 Å². The van der Waals surface area contributed by atoms with Crippen molar-refractivity contribution in [3.8, 4) is 5.75 Å². The molecule has 3 aliphatic heterocycles. The number of imide groups is 1. The topological polar surface area (TPSA) is 82.1 Å². The number of fused-ring (bicyclic) bond motifs is 1. The molecular formula is C19H25N3O4. The van der Waals surface area contributed by atoms with Gasteiger partial charge in [-0.3, -0.25) is 24.7 Å². The quantitative estimate of drug-likeness (QED) is 0.773. The van der Waals surface area contributed by atoms with Gasteiger partial charge in [-0.25, -0.2) is 0 Å². The highest BCUT2D eigenvalue weighted by atomic mass is 16.5. The lowest BCUT2D eigenvalue weighted by molar-refractivity contribution is -0.141.